The fourth-order valence-electron chi connectivity index (χ4n) is 1.78. The number of ether oxygens (including phenoxy) is 1. The van der Waals surface area contributed by atoms with E-state index in [1.165, 1.54) is 5.56 Å². The van der Waals surface area contributed by atoms with Crippen molar-refractivity contribution in [3.8, 4) is 0 Å². The second-order valence-corrected chi connectivity index (χ2v) is 3.72. The molecule has 1 heterocycles. The Balaban J connectivity index is 0.00000112. The molecule has 3 heteroatoms. The third-order valence-electron chi connectivity index (χ3n) is 2.60. The van der Waals surface area contributed by atoms with E-state index in [9.17, 15) is 0 Å². The first-order valence-corrected chi connectivity index (χ1v) is 5.31. The summed E-state index contributed by atoms with van der Waals surface area (Å²) in [6.45, 7) is 2.87. The number of hydrogen-bond acceptors (Lipinski definition) is 2. The number of benzene rings is 1. The van der Waals surface area contributed by atoms with Gasteiger partial charge in [0.05, 0.1) is 12.7 Å². The Kier molecular flexibility index (Phi) is 5.69. The molecule has 0 radical (unpaired) electrons. The molecule has 1 N–H and O–H groups in total. The summed E-state index contributed by atoms with van der Waals surface area (Å²) in [5, 5.41) is 3.35. The summed E-state index contributed by atoms with van der Waals surface area (Å²) in [5.41, 5.74) is 1.40. The van der Waals surface area contributed by atoms with E-state index >= 15 is 0 Å². The first-order valence-electron chi connectivity index (χ1n) is 5.31. The van der Waals surface area contributed by atoms with Crippen LogP contribution in [0, 0.1) is 0 Å². The van der Waals surface area contributed by atoms with Gasteiger partial charge in [-0.15, -0.1) is 12.4 Å². The molecular formula is C12H18ClNO. The van der Waals surface area contributed by atoms with Gasteiger partial charge >= 0.3 is 0 Å². The van der Waals surface area contributed by atoms with Gasteiger partial charge < -0.3 is 10.1 Å². The molecule has 0 bridgehead atoms. The molecule has 1 aliphatic heterocycles. The average Bonchev–Trinajstić information content (AvgIpc) is 2.29. The van der Waals surface area contributed by atoms with E-state index in [4.69, 9.17) is 4.74 Å². The highest BCUT2D eigenvalue weighted by Gasteiger charge is 2.12. The van der Waals surface area contributed by atoms with Gasteiger partial charge in [-0.3, -0.25) is 0 Å². The van der Waals surface area contributed by atoms with Crippen LogP contribution in [0.2, 0.25) is 0 Å². The van der Waals surface area contributed by atoms with Crippen molar-refractivity contribution >= 4 is 12.4 Å². The van der Waals surface area contributed by atoms with Crippen molar-refractivity contribution in [2.75, 3.05) is 19.7 Å². The van der Waals surface area contributed by atoms with Gasteiger partial charge in [-0.1, -0.05) is 30.3 Å². The molecule has 0 spiro atoms. The lowest BCUT2D eigenvalue weighted by atomic mass is 10.1. The zero-order chi connectivity index (χ0) is 9.64. The zero-order valence-corrected chi connectivity index (χ0v) is 9.63. The lowest BCUT2D eigenvalue weighted by molar-refractivity contribution is 0.0238. The van der Waals surface area contributed by atoms with Gasteiger partial charge in [0.25, 0.3) is 0 Å². The summed E-state index contributed by atoms with van der Waals surface area (Å²) >= 11 is 0. The van der Waals surface area contributed by atoms with E-state index in [0.29, 0.717) is 6.10 Å². The summed E-state index contributed by atoms with van der Waals surface area (Å²) in [4.78, 5) is 0. The molecule has 1 aliphatic rings. The maximum atomic E-state index is 5.64. The second kappa shape index (κ2) is 6.83. The fourth-order valence-corrected chi connectivity index (χ4v) is 1.78. The van der Waals surface area contributed by atoms with E-state index in [2.05, 4.69) is 35.6 Å². The van der Waals surface area contributed by atoms with Crippen LogP contribution < -0.4 is 5.32 Å². The molecule has 0 aromatic heterocycles. The molecule has 15 heavy (non-hydrogen) atoms. The Bertz CT molecular complexity index is 260. The molecule has 2 nitrogen and oxygen atoms in total. The number of nitrogens with one attached hydrogen (secondary N) is 1. The van der Waals surface area contributed by atoms with Crippen molar-refractivity contribution in [3.05, 3.63) is 35.9 Å². The minimum atomic E-state index is 0. The standard InChI is InChI=1S/C12H17NO.ClH/c1-2-4-11(5-3-1)6-7-12-10-13-8-9-14-12;/h1-5,12-13H,6-10H2;1H. The molecule has 0 amide bonds. The first-order chi connectivity index (χ1) is 6.95. The molecule has 1 aromatic rings. The van der Waals surface area contributed by atoms with Gasteiger partial charge in [0.15, 0.2) is 0 Å². The third-order valence-corrected chi connectivity index (χ3v) is 2.60. The van der Waals surface area contributed by atoms with E-state index in [0.717, 1.165) is 32.5 Å². The van der Waals surface area contributed by atoms with Gasteiger partial charge in [-0.25, -0.2) is 0 Å². The van der Waals surface area contributed by atoms with Crippen molar-refractivity contribution in [2.24, 2.45) is 0 Å². The van der Waals surface area contributed by atoms with E-state index in [1.54, 1.807) is 0 Å². The van der Waals surface area contributed by atoms with E-state index in [-0.39, 0.29) is 12.4 Å². The maximum absolute atomic E-state index is 5.64. The highest BCUT2D eigenvalue weighted by Crippen LogP contribution is 2.08. The Labute approximate surface area is 97.4 Å². The quantitative estimate of drug-likeness (QED) is 0.853. The zero-order valence-electron chi connectivity index (χ0n) is 8.82. The summed E-state index contributed by atoms with van der Waals surface area (Å²) in [6.07, 6.45) is 2.65. The van der Waals surface area contributed by atoms with Crippen molar-refractivity contribution in [2.45, 2.75) is 18.9 Å². The van der Waals surface area contributed by atoms with Crippen LogP contribution in [0.3, 0.4) is 0 Å². The SMILES string of the molecule is Cl.c1ccc(CCC2CNCCO2)cc1. The Morgan fingerprint density at radius 3 is 2.73 bits per heavy atom. The van der Waals surface area contributed by atoms with Gasteiger partial charge in [0.1, 0.15) is 0 Å². The minimum Gasteiger partial charge on any atom is -0.376 e. The van der Waals surface area contributed by atoms with Crippen molar-refractivity contribution in [1.29, 1.82) is 0 Å². The van der Waals surface area contributed by atoms with Crippen LogP contribution in [0.1, 0.15) is 12.0 Å². The summed E-state index contributed by atoms with van der Waals surface area (Å²) in [6, 6.07) is 10.6. The number of hydrogen-bond donors (Lipinski definition) is 1. The Hall–Kier alpha value is -0.570. The highest BCUT2D eigenvalue weighted by atomic mass is 35.5. The monoisotopic (exact) mass is 227 g/mol. The Morgan fingerprint density at radius 1 is 1.27 bits per heavy atom. The van der Waals surface area contributed by atoms with Crippen LogP contribution in [0.4, 0.5) is 0 Å². The maximum Gasteiger partial charge on any atom is 0.0703 e. The van der Waals surface area contributed by atoms with Gasteiger partial charge in [0, 0.05) is 13.1 Å². The molecule has 2 rings (SSSR count). The molecule has 84 valence electrons. The van der Waals surface area contributed by atoms with Crippen LogP contribution in [-0.2, 0) is 11.2 Å². The summed E-state index contributed by atoms with van der Waals surface area (Å²) in [7, 11) is 0. The smallest absolute Gasteiger partial charge is 0.0703 e. The molecule has 0 aliphatic carbocycles. The molecule has 1 saturated heterocycles. The predicted octanol–water partition coefficient (Wildman–Crippen LogP) is 2.03. The predicted molar refractivity (Wildman–Crippen MR) is 64.6 cm³/mol. The van der Waals surface area contributed by atoms with E-state index in [1.807, 2.05) is 0 Å². The van der Waals surface area contributed by atoms with Crippen LogP contribution >= 0.6 is 12.4 Å². The Morgan fingerprint density at radius 2 is 2.07 bits per heavy atom. The summed E-state index contributed by atoms with van der Waals surface area (Å²) in [5.74, 6) is 0. The largest absolute Gasteiger partial charge is 0.376 e. The van der Waals surface area contributed by atoms with Crippen molar-refractivity contribution in [3.63, 3.8) is 0 Å². The number of halogens is 1. The minimum absolute atomic E-state index is 0. The van der Waals surface area contributed by atoms with Crippen LogP contribution in [0.5, 0.6) is 0 Å². The normalized spacial score (nSPS) is 20.7. The highest BCUT2D eigenvalue weighted by molar-refractivity contribution is 5.85. The van der Waals surface area contributed by atoms with Crippen LogP contribution in [0.25, 0.3) is 0 Å². The molecule has 1 fully saturated rings. The van der Waals surface area contributed by atoms with Crippen LogP contribution in [-0.4, -0.2) is 25.8 Å². The van der Waals surface area contributed by atoms with Gasteiger partial charge in [0.2, 0.25) is 0 Å². The van der Waals surface area contributed by atoms with Crippen molar-refractivity contribution in [1.82, 2.24) is 5.32 Å². The van der Waals surface area contributed by atoms with Crippen LogP contribution in [0.15, 0.2) is 30.3 Å². The number of rotatable bonds is 3. The molecule has 1 aromatic carbocycles. The third kappa shape index (κ3) is 4.20. The van der Waals surface area contributed by atoms with Gasteiger partial charge in [-0.2, -0.15) is 0 Å². The molecular weight excluding hydrogens is 210 g/mol. The molecule has 1 atom stereocenters. The average molecular weight is 228 g/mol. The fraction of sp³-hybridized carbons (Fsp3) is 0.500. The second-order valence-electron chi connectivity index (χ2n) is 3.72. The van der Waals surface area contributed by atoms with E-state index < -0.39 is 0 Å². The summed E-state index contributed by atoms with van der Waals surface area (Å²) < 4.78 is 5.64. The number of morpholine rings is 1. The van der Waals surface area contributed by atoms with Crippen molar-refractivity contribution < 1.29 is 4.74 Å². The van der Waals surface area contributed by atoms with Gasteiger partial charge in [-0.05, 0) is 18.4 Å². The lowest BCUT2D eigenvalue weighted by Crippen LogP contribution is -2.38. The molecule has 1 unspecified atom stereocenters. The lowest BCUT2D eigenvalue weighted by Gasteiger charge is -2.23. The topological polar surface area (TPSA) is 21.3 Å². The molecule has 0 saturated carbocycles. The first kappa shape index (κ1) is 12.5. The number of aryl methyl sites for hydroxylation is 1.